The number of benzene rings is 2. The molecule has 8 heteroatoms. The van der Waals surface area contributed by atoms with E-state index in [4.69, 9.17) is 4.74 Å². The van der Waals surface area contributed by atoms with Crippen LogP contribution in [0.3, 0.4) is 0 Å². The first kappa shape index (κ1) is 23.2. The summed E-state index contributed by atoms with van der Waals surface area (Å²) >= 11 is 0. The number of fused-ring (bicyclic) bond motifs is 1. The molecule has 34 heavy (non-hydrogen) atoms. The smallest absolute Gasteiger partial charge is 0.264 e. The summed E-state index contributed by atoms with van der Waals surface area (Å²) in [5, 5.41) is 7.65. The first-order valence-electron chi connectivity index (χ1n) is 11.5. The molecule has 4 aromatic rings. The number of aryl methyl sites for hydroxylation is 1. The van der Waals surface area contributed by atoms with Crippen LogP contribution in [0.2, 0.25) is 0 Å². The van der Waals surface area contributed by atoms with Crippen molar-refractivity contribution in [3.05, 3.63) is 88.1 Å². The van der Waals surface area contributed by atoms with Gasteiger partial charge in [-0.3, -0.25) is 14.2 Å². The number of aromatic nitrogens is 4. The molecule has 0 aliphatic rings. The van der Waals surface area contributed by atoms with Crippen molar-refractivity contribution >= 4 is 16.9 Å². The highest BCUT2D eigenvalue weighted by molar-refractivity contribution is 5.94. The second-order valence-electron chi connectivity index (χ2n) is 8.25. The quantitative estimate of drug-likeness (QED) is 0.366. The zero-order valence-corrected chi connectivity index (χ0v) is 19.5. The summed E-state index contributed by atoms with van der Waals surface area (Å²) < 4.78 is 8.85. The van der Waals surface area contributed by atoms with Crippen molar-refractivity contribution in [2.45, 2.75) is 39.8 Å². The van der Waals surface area contributed by atoms with Gasteiger partial charge in [-0.2, -0.15) is 5.10 Å². The van der Waals surface area contributed by atoms with E-state index in [1.807, 2.05) is 31.2 Å². The maximum atomic E-state index is 12.9. The van der Waals surface area contributed by atoms with Crippen LogP contribution < -0.4 is 15.6 Å². The number of hydrogen-bond donors (Lipinski definition) is 1. The zero-order valence-electron chi connectivity index (χ0n) is 19.5. The molecule has 0 atom stereocenters. The Morgan fingerprint density at radius 1 is 1.09 bits per heavy atom. The normalized spacial score (nSPS) is 11.0. The summed E-state index contributed by atoms with van der Waals surface area (Å²) in [4.78, 5) is 29.8. The molecule has 0 unspecified atom stereocenters. The van der Waals surface area contributed by atoms with E-state index >= 15 is 0 Å². The van der Waals surface area contributed by atoms with Crippen molar-refractivity contribution in [3.8, 4) is 5.75 Å². The van der Waals surface area contributed by atoms with E-state index in [2.05, 4.69) is 22.3 Å². The maximum Gasteiger partial charge on any atom is 0.264 e. The predicted octanol–water partition coefficient (Wildman–Crippen LogP) is 3.56. The fourth-order valence-corrected chi connectivity index (χ4v) is 3.58. The van der Waals surface area contributed by atoms with Gasteiger partial charge in [0.2, 0.25) is 0 Å². The first-order valence-corrected chi connectivity index (χ1v) is 11.5. The van der Waals surface area contributed by atoms with Crippen molar-refractivity contribution in [2.75, 3.05) is 13.2 Å². The Hall–Kier alpha value is -3.94. The van der Waals surface area contributed by atoms with Crippen molar-refractivity contribution in [1.82, 2.24) is 24.6 Å². The van der Waals surface area contributed by atoms with Crippen LogP contribution in [-0.4, -0.2) is 38.4 Å². The maximum absolute atomic E-state index is 12.9. The van der Waals surface area contributed by atoms with Crippen LogP contribution in [0, 0.1) is 6.92 Å². The Balaban J connectivity index is 1.35. The second kappa shape index (κ2) is 10.8. The highest BCUT2D eigenvalue weighted by atomic mass is 16.5. The lowest BCUT2D eigenvalue weighted by Gasteiger charge is -2.09. The molecule has 2 aromatic heterocycles. The Bertz CT molecular complexity index is 1310. The lowest BCUT2D eigenvalue weighted by atomic mass is 10.1. The van der Waals surface area contributed by atoms with E-state index < -0.39 is 0 Å². The first-order chi connectivity index (χ1) is 16.5. The average molecular weight is 460 g/mol. The molecule has 176 valence electrons. The number of rotatable bonds is 10. The zero-order chi connectivity index (χ0) is 23.9. The Kier molecular flexibility index (Phi) is 7.37. The van der Waals surface area contributed by atoms with Gasteiger partial charge >= 0.3 is 0 Å². The highest BCUT2D eigenvalue weighted by Gasteiger charge is 2.11. The van der Waals surface area contributed by atoms with Crippen molar-refractivity contribution in [3.63, 3.8) is 0 Å². The Labute approximate surface area is 198 Å². The van der Waals surface area contributed by atoms with Gasteiger partial charge in [-0.1, -0.05) is 43.2 Å². The number of unbranched alkanes of at least 4 members (excludes halogenated alkanes) is 1. The predicted molar refractivity (Wildman–Crippen MR) is 131 cm³/mol. The van der Waals surface area contributed by atoms with Crippen LogP contribution in [-0.2, 0) is 13.1 Å². The number of hydrogen-bond acceptors (Lipinski definition) is 5. The molecule has 2 aromatic carbocycles. The number of nitrogens with one attached hydrogen (secondary N) is 1. The van der Waals surface area contributed by atoms with Crippen molar-refractivity contribution in [2.24, 2.45) is 0 Å². The lowest BCUT2D eigenvalue weighted by molar-refractivity contribution is 0.0952. The molecule has 1 N–H and O–H groups in total. The molecule has 2 heterocycles. The van der Waals surface area contributed by atoms with Gasteiger partial charge in [-0.15, -0.1) is 0 Å². The largest absolute Gasteiger partial charge is 0.494 e. The molecular formula is C26H29N5O3. The van der Waals surface area contributed by atoms with Crippen molar-refractivity contribution in [1.29, 1.82) is 0 Å². The topological polar surface area (TPSA) is 91.0 Å². The molecule has 0 bridgehead atoms. The number of amides is 1. The van der Waals surface area contributed by atoms with Gasteiger partial charge in [0, 0.05) is 12.1 Å². The van der Waals surface area contributed by atoms with E-state index in [0.717, 1.165) is 24.2 Å². The van der Waals surface area contributed by atoms with Gasteiger partial charge < -0.3 is 10.1 Å². The molecule has 0 spiro atoms. The minimum Gasteiger partial charge on any atom is -0.494 e. The summed E-state index contributed by atoms with van der Waals surface area (Å²) in [6.45, 7) is 6.03. The monoisotopic (exact) mass is 459 g/mol. The highest BCUT2D eigenvalue weighted by Crippen LogP contribution is 2.13. The van der Waals surface area contributed by atoms with Crippen LogP contribution in [0.4, 0.5) is 0 Å². The number of carbonyl (C=O) groups is 1. The van der Waals surface area contributed by atoms with Crippen LogP contribution in [0.1, 0.15) is 41.3 Å². The van der Waals surface area contributed by atoms with E-state index in [-0.39, 0.29) is 11.5 Å². The van der Waals surface area contributed by atoms with Gasteiger partial charge in [0.15, 0.2) is 5.65 Å². The van der Waals surface area contributed by atoms with E-state index in [0.29, 0.717) is 42.8 Å². The van der Waals surface area contributed by atoms with Crippen molar-refractivity contribution < 1.29 is 9.53 Å². The minimum absolute atomic E-state index is 0.137. The summed E-state index contributed by atoms with van der Waals surface area (Å²) in [6, 6.07) is 15.2. The molecule has 0 saturated carbocycles. The van der Waals surface area contributed by atoms with Gasteiger partial charge in [-0.25, -0.2) is 9.67 Å². The molecule has 4 rings (SSSR count). The van der Waals surface area contributed by atoms with Crippen LogP contribution >= 0.6 is 0 Å². The summed E-state index contributed by atoms with van der Waals surface area (Å²) in [5.41, 5.74) is 3.14. The molecule has 0 saturated heterocycles. The number of carbonyl (C=O) groups excluding carboxylic acids is 1. The number of nitrogens with zero attached hydrogens (tertiary/aromatic N) is 4. The Morgan fingerprint density at radius 3 is 2.59 bits per heavy atom. The molecule has 0 fully saturated rings. The van der Waals surface area contributed by atoms with Crippen LogP contribution in [0.25, 0.3) is 11.0 Å². The molecule has 1 amide bonds. The third kappa shape index (κ3) is 5.51. The fraction of sp³-hybridized carbons (Fsp3) is 0.308. The summed E-state index contributed by atoms with van der Waals surface area (Å²) in [6.07, 6.45) is 5.16. The van der Waals surface area contributed by atoms with E-state index in [9.17, 15) is 9.59 Å². The molecular weight excluding hydrogens is 430 g/mol. The summed E-state index contributed by atoms with van der Waals surface area (Å²) in [5.74, 6) is 0.581. The standard InChI is InChI=1S/C26H29N5O3/c1-3-4-15-34-22-11-9-21(10-12-22)25(32)27-13-14-31-24-23(16-29-31)26(33)30(18-28-24)17-20-7-5-19(2)6-8-20/h5-12,16,18H,3-4,13-15,17H2,1-2H3,(H,27,32). The average Bonchev–Trinajstić information content (AvgIpc) is 3.26. The van der Waals surface area contributed by atoms with Gasteiger partial charge in [0.05, 0.1) is 25.9 Å². The molecule has 0 aliphatic carbocycles. The number of ether oxygens (including phenoxy) is 1. The lowest BCUT2D eigenvalue weighted by Crippen LogP contribution is -2.27. The third-order valence-corrected chi connectivity index (χ3v) is 5.59. The molecule has 8 nitrogen and oxygen atoms in total. The fourth-order valence-electron chi connectivity index (χ4n) is 3.58. The molecule has 0 radical (unpaired) electrons. The van der Waals surface area contributed by atoms with E-state index in [1.165, 1.54) is 11.8 Å². The Morgan fingerprint density at radius 2 is 1.85 bits per heavy atom. The van der Waals surface area contributed by atoms with Gasteiger partial charge in [-0.05, 0) is 43.2 Å². The molecule has 0 aliphatic heterocycles. The minimum atomic E-state index is -0.176. The van der Waals surface area contributed by atoms with Gasteiger partial charge in [0.25, 0.3) is 11.5 Å². The van der Waals surface area contributed by atoms with Crippen LogP contribution in [0.5, 0.6) is 5.75 Å². The van der Waals surface area contributed by atoms with Crippen LogP contribution in [0.15, 0.2) is 65.8 Å². The van der Waals surface area contributed by atoms with Gasteiger partial charge in [0.1, 0.15) is 17.5 Å². The summed E-state index contributed by atoms with van der Waals surface area (Å²) in [7, 11) is 0. The van der Waals surface area contributed by atoms with E-state index in [1.54, 1.807) is 39.8 Å². The third-order valence-electron chi connectivity index (χ3n) is 5.59. The second-order valence-corrected chi connectivity index (χ2v) is 8.25. The SMILES string of the molecule is CCCCOc1ccc(C(=O)NCCn2ncc3c(=O)n(Cc4ccc(C)cc4)cnc32)cc1.